The number of imidazole rings is 1. The lowest BCUT2D eigenvalue weighted by Gasteiger charge is -2.16. The number of rotatable bonds is 3. The Morgan fingerprint density at radius 1 is 1.00 bits per heavy atom. The maximum absolute atomic E-state index is 13.1. The van der Waals surface area contributed by atoms with Crippen LogP contribution in [0.1, 0.15) is 33.4 Å². The zero-order valence-electron chi connectivity index (χ0n) is 17.7. The van der Waals surface area contributed by atoms with E-state index in [1.807, 2.05) is 42.5 Å². The number of aromatic nitrogens is 5. The van der Waals surface area contributed by atoms with Crippen molar-refractivity contribution >= 4 is 22.9 Å². The molecule has 0 radical (unpaired) electrons. The highest BCUT2D eigenvalue weighted by molar-refractivity contribution is 5.96. The molecule has 4 N–H and O–H groups in total. The van der Waals surface area contributed by atoms with Crippen molar-refractivity contribution in [3.63, 3.8) is 0 Å². The molecule has 8 heteroatoms. The minimum absolute atomic E-state index is 0.0778. The Bertz CT molecular complexity index is 1500. The number of amides is 1. The third-order valence-electron chi connectivity index (χ3n) is 5.87. The van der Waals surface area contributed by atoms with Crippen molar-refractivity contribution < 1.29 is 4.79 Å². The van der Waals surface area contributed by atoms with Crippen LogP contribution in [-0.2, 0) is 0 Å². The number of pyridine rings is 1. The summed E-state index contributed by atoms with van der Waals surface area (Å²) < 4.78 is 0. The van der Waals surface area contributed by atoms with Crippen molar-refractivity contribution in [2.45, 2.75) is 13.0 Å². The van der Waals surface area contributed by atoms with Gasteiger partial charge < -0.3 is 16.0 Å². The number of anilines is 1. The summed E-state index contributed by atoms with van der Waals surface area (Å²) in [6, 6.07) is 17.3. The second-order valence-electron chi connectivity index (χ2n) is 7.99. The van der Waals surface area contributed by atoms with Crippen molar-refractivity contribution in [2.24, 2.45) is 0 Å². The normalized spacial score (nSPS) is 14.2. The molecule has 0 bridgehead atoms. The number of aryl methyl sites for hydroxylation is 1. The zero-order valence-corrected chi connectivity index (χ0v) is 17.7. The van der Waals surface area contributed by atoms with Gasteiger partial charge >= 0.3 is 0 Å². The summed E-state index contributed by atoms with van der Waals surface area (Å²) in [7, 11) is 0. The molecule has 1 aliphatic carbocycles. The Hall–Kier alpha value is -4.59. The molecular weight excluding hydrogens is 414 g/mol. The highest BCUT2D eigenvalue weighted by Crippen LogP contribution is 2.47. The molecule has 2 aromatic carbocycles. The van der Waals surface area contributed by atoms with Crippen molar-refractivity contribution in [2.75, 3.05) is 5.73 Å². The molecule has 0 fully saturated rings. The fourth-order valence-electron chi connectivity index (χ4n) is 4.51. The van der Waals surface area contributed by atoms with E-state index >= 15 is 0 Å². The summed E-state index contributed by atoms with van der Waals surface area (Å²) in [6.45, 7) is 1.78. The van der Waals surface area contributed by atoms with Crippen molar-refractivity contribution in [1.82, 2.24) is 30.2 Å². The number of hydrogen-bond donors (Lipinski definition) is 3. The van der Waals surface area contributed by atoms with E-state index in [1.165, 1.54) is 0 Å². The first-order valence-corrected chi connectivity index (χ1v) is 10.5. The Balaban J connectivity index is 1.47. The summed E-state index contributed by atoms with van der Waals surface area (Å²) in [5.41, 5.74) is 13.5. The molecule has 6 rings (SSSR count). The van der Waals surface area contributed by atoms with Gasteiger partial charge in [-0.1, -0.05) is 42.5 Å². The molecular formula is C25H19N7O. The predicted octanol–water partition coefficient (Wildman–Crippen LogP) is 3.81. The van der Waals surface area contributed by atoms with Gasteiger partial charge in [0.2, 0.25) is 5.95 Å². The van der Waals surface area contributed by atoms with Crippen LogP contribution in [0.5, 0.6) is 0 Å². The number of nitrogens with two attached hydrogens (primary N) is 1. The van der Waals surface area contributed by atoms with Gasteiger partial charge in [0.1, 0.15) is 11.5 Å². The number of H-pyrrole nitrogens is 1. The van der Waals surface area contributed by atoms with E-state index in [9.17, 15) is 4.79 Å². The largest absolute Gasteiger partial charge is 0.368 e. The fourth-order valence-corrected chi connectivity index (χ4v) is 4.51. The van der Waals surface area contributed by atoms with Gasteiger partial charge in [-0.15, -0.1) is 0 Å². The van der Waals surface area contributed by atoms with Gasteiger partial charge in [0.25, 0.3) is 5.91 Å². The van der Waals surface area contributed by atoms with Crippen LogP contribution in [0.3, 0.4) is 0 Å². The molecule has 3 heterocycles. The maximum atomic E-state index is 13.1. The molecule has 0 aliphatic heterocycles. The Morgan fingerprint density at radius 2 is 1.82 bits per heavy atom. The smallest absolute Gasteiger partial charge is 0.270 e. The molecule has 3 aromatic heterocycles. The lowest BCUT2D eigenvalue weighted by Crippen LogP contribution is -2.29. The number of nitrogen functional groups attached to an aromatic ring is 1. The monoisotopic (exact) mass is 433 g/mol. The van der Waals surface area contributed by atoms with Gasteiger partial charge in [0, 0.05) is 17.5 Å². The molecule has 8 nitrogen and oxygen atoms in total. The first-order valence-electron chi connectivity index (χ1n) is 10.5. The minimum Gasteiger partial charge on any atom is -0.368 e. The van der Waals surface area contributed by atoms with E-state index in [4.69, 9.17) is 10.7 Å². The van der Waals surface area contributed by atoms with Gasteiger partial charge in [-0.2, -0.15) is 0 Å². The van der Waals surface area contributed by atoms with E-state index in [1.54, 1.807) is 25.4 Å². The molecule has 1 atom stereocenters. The van der Waals surface area contributed by atoms with Crippen molar-refractivity contribution in [3.8, 4) is 22.5 Å². The van der Waals surface area contributed by atoms with Crippen LogP contribution in [0.25, 0.3) is 33.5 Å². The number of fused-ring (bicyclic) bond motifs is 4. The Morgan fingerprint density at radius 3 is 2.67 bits per heavy atom. The number of hydrogen-bond acceptors (Lipinski definition) is 6. The standard InChI is InChI=1S/C25H19N7O/c1-13-11-19(31-25(26)28-13)24(33)32-22-15-6-3-2-5-14(15)21-16(22)7-4-8-17(21)23-29-18-9-10-27-12-20(18)30-23/h2-12,22H,1H3,(H,29,30)(H,32,33)(H2,26,28,31)/t22-/m1/s1. The predicted molar refractivity (Wildman–Crippen MR) is 125 cm³/mol. The number of carbonyl (C=O) groups excluding carboxylic acids is 1. The number of aromatic amines is 1. The third kappa shape index (κ3) is 3.11. The molecule has 1 aliphatic rings. The van der Waals surface area contributed by atoms with Crippen LogP contribution >= 0.6 is 0 Å². The summed E-state index contributed by atoms with van der Waals surface area (Å²) in [4.78, 5) is 33.6. The average molecular weight is 433 g/mol. The van der Waals surface area contributed by atoms with Crippen LogP contribution in [0.4, 0.5) is 5.95 Å². The van der Waals surface area contributed by atoms with Gasteiger partial charge in [-0.3, -0.25) is 9.78 Å². The van der Waals surface area contributed by atoms with E-state index in [2.05, 4.69) is 31.3 Å². The Labute approximate surface area is 189 Å². The minimum atomic E-state index is -0.328. The van der Waals surface area contributed by atoms with Gasteiger partial charge in [0.15, 0.2) is 0 Å². The highest BCUT2D eigenvalue weighted by atomic mass is 16.1. The molecule has 0 saturated carbocycles. The molecule has 1 amide bonds. The van der Waals surface area contributed by atoms with Crippen LogP contribution in [0, 0.1) is 6.92 Å². The van der Waals surface area contributed by atoms with E-state index in [0.717, 1.165) is 44.7 Å². The molecule has 0 saturated heterocycles. The van der Waals surface area contributed by atoms with Crippen LogP contribution in [0.2, 0.25) is 0 Å². The molecule has 0 spiro atoms. The summed E-state index contributed by atoms with van der Waals surface area (Å²) >= 11 is 0. The van der Waals surface area contributed by atoms with Gasteiger partial charge in [0.05, 0.1) is 23.3 Å². The summed E-state index contributed by atoms with van der Waals surface area (Å²) in [6.07, 6.45) is 3.49. The van der Waals surface area contributed by atoms with Gasteiger partial charge in [-0.05, 0) is 41.3 Å². The van der Waals surface area contributed by atoms with Crippen LogP contribution in [-0.4, -0.2) is 30.8 Å². The molecule has 5 aromatic rings. The lowest BCUT2D eigenvalue weighted by molar-refractivity contribution is 0.0938. The second-order valence-corrected chi connectivity index (χ2v) is 7.99. The number of carbonyl (C=O) groups is 1. The SMILES string of the molecule is Cc1cc(C(=O)N[C@@H]2c3ccccc3-c3c(-c4nc5ccncc5[nH]4)cccc32)nc(N)n1. The Kier molecular flexibility index (Phi) is 4.19. The van der Waals surface area contributed by atoms with Crippen LogP contribution in [0.15, 0.2) is 67.0 Å². The topological polar surface area (TPSA) is 122 Å². The number of benzene rings is 2. The first-order chi connectivity index (χ1) is 16.1. The zero-order chi connectivity index (χ0) is 22.5. The fraction of sp³-hybridized carbons (Fsp3) is 0.0800. The number of nitrogens with zero attached hydrogens (tertiary/aromatic N) is 4. The summed E-state index contributed by atoms with van der Waals surface area (Å²) in [5.74, 6) is 0.532. The summed E-state index contributed by atoms with van der Waals surface area (Å²) in [5, 5.41) is 3.14. The number of nitrogens with one attached hydrogen (secondary N) is 2. The second kappa shape index (κ2) is 7.23. The van der Waals surface area contributed by atoms with Gasteiger partial charge in [-0.25, -0.2) is 15.0 Å². The highest BCUT2D eigenvalue weighted by Gasteiger charge is 2.32. The van der Waals surface area contributed by atoms with Crippen LogP contribution < -0.4 is 11.1 Å². The molecule has 160 valence electrons. The average Bonchev–Trinajstić information content (AvgIpc) is 3.38. The van der Waals surface area contributed by atoms with E-state index in [-0.39, 0.29) is 23.6 Å². The van der Waals surface area contributed by atoms with E-state index in [0.29, 0.717) is 5.69 Å². The maximum Gasteiger partial charge on any atom is 0.270 e. The molecule has 0 unspecified atom stereocenters. The van der Waals surface area contributed by atoms with Crippen molar-refractivity contribution in [3.05, 3.63) is 89.5 Å². The molecule has 33 heavy (non-hydrogen) atoms. The van der Waals surface area contributed by atoms with E-state index < -0.39 is 0 Å². The lowest BCUT2D eigenvalue weighted by atomic mass is 9.99. The third-order valence-corrected chi connectivity index (χ3v) is 5.87. The first kappa shape index (κ1) is 19.1. The quantitative estimate of drug-likeness (QED) is 0.398. The van der Waals surface area contributed by atoms with Crippen molar-refractivity contribution in [1.29, 1.82) is 0 Å².